The van der Waals surface area contributed by atoms with E-state index in [1.165, 1.54) is 12.1 Å². The molecule has 0 aliphatic rings. The van der Waals surface area contributed by atoms with Crippen LogP contribution in [0.1, 0.15) is 11.1 Å². The van der Waals surface area contributed by atoms with Gasteiger partial charge < -0.3 is 10.5 Å². The van der Waals surface area contributed by atoms with Crippen molar-refractivity contribution in [1.29, 1.82) is 0 Å². The molecule has 0 aliphatic heterocycles. The van der Waals surface area contributed by atoms with E-state index in [1.807, 2.05) is 0 Å². The molecule has 7 heteroatoms. The van der Waals surface area contributed by atoms with Gasteiger partial charge in [0.15, 0.2) is 0 Å². The summed E-state index contributed by atoms with van der Waals surface area (Å²) in [6.07, 6.45) is 0. The lowest BCUT2D eigenvalue weighted by atomic mass is 10.2. The Bertz CT molecular complexity index is 679. The molecular formula is C14H12ClFN2O3. The summed E-state index contributed by atoms with van der Waals surface area (Å²) < 4.78 is 19.4. The molecule has 2 N–H and O–H groups in total. The van der Waals surface area contributed by atoms with Crippen LogP contribution in [0.5, 0.6) is 5.75 Å². The molecule has 2 rings (SSSR count). The molecule has 0 bridgehead atoms. The quantitative estimate of drug-likeness (QED) is 0.678. The summed E-state index contributed by atoms with van der Waals surface area (Å²) in [5, 5.41) is 11.1. The van der Waals surface area contributed by atoms with E-state index in [-0.39, 0.29) is 18.7 Å². The van der Waals surface area contributed by atoms with E-state index < -0.39 is 16.4 Å². The van der Waals surface area contributed by atoms with Gasteiger partial charge in [-0.3, -0.25) is 10.1 Å². The molecule has 0 fully saturated rings. The van der Waals surface area contributed by atoms with Crippen LogP contribution in [0.15, 0.2) is 36.4 Å². The molecule has 0 atom stereocenters. The fourth-order valence-corrected chi connectivity index (χ4v) is 2.09. The fraction of sp³-hybridized carbons (Fsp3) is 0.143. The summed E-state index contributed by atoms with van der Waals surface area (Å²) in [5.41, 5.74) is 5.70. The molecule has 110 valence electrons. The molecule has 0 saturated heterocycles. The molecular weight excluding hydrogens is 299 g/mol. The standard InChI is InChI=1S/C14H12ClFN2O3/c15-11-4-2-6-13(10(11)7-17)21-8-9-3-1-5-12(14(9)16)18(19)20/h1-6H,7-8,17H2. The maximum absolute atomic E-state index is 13.9. The first kappa shape index (κ1) is 15.2. The Morgan fingerprint density at radius 2 is 2.00 bits per heavy atom. The van der Waals surface area contributed by atoms with Crippen LogP contribution in [0, 0.1) is 15.9 Å². The summed E-state index contributed by atoms with van der Waals surface area (Å²) >= 11 is 5.99. The summed E-state index contributed by atoms with van der Waals surface area (Å²) in [4.78, 5) is 9.91. The van der Waals surface area contributed by atoms with Gasteiger partial charge in [-0.15, -0.1) is 0 Å². The van der Waals surface area contributed by atoms with Crippen molar-refractivity contribution in [3.63, 3.8) is 0 Å². The molecule has 2 aromatic carbocycles. The fourth-order valence-electron chi connectivity index (χ4n) is 1.85. The summed E-state index contributed by atoms with van der Waals surface area (Å²) in [7, 11) is 0. The SMILES string of the molecule is NCc1c(Cl)cccc1OCc1cccc([N+](=O)[O-])c1F. The second-order valence-corrected chi connectivity index (χ2v) is 4.62. The van der Waals surface area contributed by atoms with Crippen molar-refractivity contribution in [1.82, 2.24) is 0 Å². The van der Waals surface area contributed by atoms with Gasteiger partial charge in [0.25, 0.3) is 0 Å². The zero-order valence-electron chi connectivity index (χ0n) is 10.9. The third-order valence-electron chi connectivity index (χ3n) is 2.92. The normalized spacial score (nSPS) is 10.4. The summed E-state index contributed by atoms with van der Waals surface area (Å²) in [6.45, 7) is 0.0211. The highest BCUT2D eigenvalue weighted by Crippen LogP contribution is 2.27. The number of benzene rings is 2. The lowest BCUT2D eigenvalue weighted by Crippen LogP contribution is -2.05. The van der Waals surface area contributed by atoms with Gasteiger partial charge in [0.05, 0.1) is 4.92 Å². The molecule has 2 aromatic rings. The number of nitro groups is 1. The van der Waals surface area contributed by atoms with Crippen LogP contribution in [-0.2, 0) is 13.2 Å². The molecule has 0 heterocycles. The molecule has 0 spiro atoms. The number of nitrogens with zero attached hydrogens (tertiary/aromatic N) is 1. The minimum Gasteiger partial charge on any atom is -0.488 e. The first-order valence-corrected chi connectivity index (χ1v) is 6.44. The lowest BCUT2D eigenvalue weighted by Gasteiger charge is -2.12. The Morgan fingerprint density at radius 3 is 2.67 bits per heavy atom. The Balaban J connectivity index is 2.23. The van der Waals surface area contributed by atoms with Crippen LogP contribution >= 0.6 is 11.6 Å². The average Bonchev–Trinajstić information content (AvgIpc) is 2.46. The Labute approximate surface area is 125 Å². The van der Waals surface area contributed by atoms with Crippen molar-refractivity contribution in [3.8, 4) is 5.75 Å². The molecule has 0 unspecified atom stereocenters. The number of rotatable bonds is 5. The van der Waals surface area contributed by atoms with Crippen LogP contribution in [0.2, 0.25) is 5.02 Å². The molecule has 0 saturated carbocycles. The number of nitrogens with two attached hydrogens (primary N) is 1. The van der Waals surface area contributed by atoms with E-state index in [2.05, 4.69) is 0 Å². The van der Waals surface area contributed by atoms with Crippen LogP contribution < -0.4 is 10.5 Å². The van der Waals surface area contributed by atoms with Crippen LogP contribution in [0.25, 0.3) is 0 Å². The smallest absolute Gasteiger partial charge is 0.305 e. The first-order valence-electron chi connectivity index (χ1n) is 6.06. The van der Waals surface area contributed by atoms with Crippen molar-refractivity contribution in [2.24, 2.45) is 5.73 Å². The van der Waals surface area contributed by atoms with E-state index in [1.54, 1.807) is 18.2 Å². The maximum atomic E-state index is 13.9. The minimum atomic E-state index is -0.904. The van der Waals surface area contributed by atoms with Gasteiger partial charge in [-0.25, -0.2) is 0 Å². The third kappa shape index (κ3) is 3.29. The zero-order valence-corrected chi connectivity index (χ0v) is 11.6. The molecule has 0 radical (unpaired) electrons. The van der Waals surface area contributed by atoms with Gasteiger partial charge in [-0.05, 0) is 12.1 Å². The summed E-state index contributed by atoms with van der Waals surface area (Å²) in [6, 6.07) is 8.94. The van der Waals surface area contributed by atoms with Crippen LogP contribution in [-0.4, -0.2) is 4.92 Å². The highest BCUT2D eigenvalue weighted by molar-refractivity contribution is 6.31. The van der Waals surface area contributed by atoms with E-state index >= 15 is 0 Å². The zero-order chi connectivity index (χ0) is 15.4. The van der Waals surface area contributed by atoms with Crippen molar-refractivity contribution in [2.45, 2.75) is 13.2 Å². The monoisotopic (exact) mass is 310 g/mol. The number of halogens is 2. The Morgan fingerprint density at radius 1 is 1.29 bits per heavy atom. The van der Waals surface area contributed by atoms with Crippen molar-refractivity contribution < 1.29 is 14.1 Å². The number of hydrogen-bond donors (Lipinski definition) is 1. The Kier molecular flexibility index (Phi) is 4.72. The predicted molar refractivity (Wildman–Crippen MR) is 76.7 cm³/mol. The van der Waals surface area contributed by atoms with Gasteiger partial charge in [-0.2, -0.15) is 4.39 Å². The van der Waals surface area contributed by atoms with Gasteiger partial charge in [-0.1, -0.05) is 29.8 Å². The van der Waals surface area contributed by atoms with Gasteiger partial charge in [0.2, 0.25) is 5.82 Å². The maximum Gasteiger partial charge on any atom is 0.305 e. The molecule has 21 heavy (non-hydrogen) atoms. The minimum absolute atomic E-state index is 0.0900. The van der Waals surface area contributed by atoms with E-state index in [9.17, 15) is 14.5 Å². The first-order chi connectivity index (χ1) is 10.0. The Hall–Kier alpha value is -2.18. The van der Waals surface area contributed by atoms with Gasteiger partial charge >= 0.3 is 5.69 Å². The van der Waals surface area contributed by atoms with Crippen molar-refractivity contribution >= 4 is 17.3 Å². The second-order valence-electron chi connectivity index (χ2n) is 4.22. The largest absolute Gasteiger partial charge is 0.488 e. The predicted octanol–water partition coefficient (Wildman–Crippen LogP) is 3.43. The van der Waals surface area contributed by atoms with Gasteiger partial charge in [0.1, 0.15) is 12.4 Å². The second kappa shape index (κ2) is 6.51. The third-order valence-corrected chi connectivity index (χ3v) is 3.27. The van der Waals surface area contributed by atoms with E-state index in [0.29, 0.717) is 16.3 Å². The van der Waals surface area contributed by atoms with Gasteiger partial charge in [0, 0.05) is 28.8 Å². The number of nitro benzene ring substituents is 1. The highest BCUT2D eigenvalue weighted by atomic mass is 35.5. The lowest BCUT2D eigenvalue weighted by molar-refractivity contribution is -0.387. The van der Waals surface area contributed by atoms with E-state index in [4.69, 9.17) is 22.1 Å². The number of ether oxygens (including phenoxy) is 1. The van der Waals surface area contributed by atoms with Crippen LogP contribution in [0.3, 0.4) is 0 Å². The highest BCUT2D eigenvalue weighted by Gasteiger charge is 2.17. The van der Waals surface area contributed by atoms with Crippen molar-refractivity contribution in [2.75, 3.05) is 0 Å². The average molecular weight is 311 g/mol. The topological polar surface area (TPSA) is 78.4 Å². The summed E-state index contributed by atoms with van der Waals surface area (Å²) in [5.74, 6) is -0.477. The van der Waals surface area contributed by atoms with Crippen LogP contribution in [0.4, 0.5) is 10.1 Å². The molecule has 0 aromatic heterocycles. The van der Waals surface area contributed by atoms with E-state index in [0.717, 1.165) is 6.07 Å². The molecule has 0 aliphatic carbocycles. The molecule has 5 nitrogen and oxygen atoms in total. The van der Waals surface area contributed by atoms with Crippen molar-refractivity contribution in [3.05, 3.63) is 68.5 Å². The number of hydrogen-bond acceptors (Lipinski definition) is 4. The molecule has 0 amide bonds.